The third-order valence-corrected chi connectivity index (χ3v) is 2.31. The highest BCUT2D eigenvalue weighted by molar-refractivity contribution is 5.79. The van der Waals surface area contributed by atoms with Gasteiger partial charge in [0.2, 0.25) is 5.95 Å². The van der Waals surface area contributed by atoms with Crippen LogP contribution < -0.4 is 5.73 Å². The van der Waals surface area contributed by atoms with Crippen LogP contribution in [0.1, 0.15) is 16.8 Å². The predicted molar refractivity (Wildman–Crippen MR) is 68.7 cm³/mol. The molecule has 2 rings (SSSR count). The van der Waals surface area contributed by atoms with Gasteiger partial charge in [0.1, 0.15) is 5.82 Å². The summed E-state index contributed by atoms with van der Waals surface area (Å²) in [6, 6.07) is 4.53. The van der Waals surface area contributed by atoms with Crippen molar-refractivity contribution in [1.82, 2.24) is 9.66 Å². The zero-order chi connectivity index (χ0) is 13.1. The molecular formula is C13H11FN4. The molecule has 0 saturated heterocycles. The smallest absolute Gasteiger partial charge is 0.221 e. The van der Waals surface area contributed by atoms with Gasteiger partial charge in [-0.1, -0.05) is 12.0 Å². The van der Waals surface area contributed by atoms with Crippen LogP contribution in [0.2, 0.25) is 0 Å². The zero-order valence-corrected chi connectivity index (χ0v) is 9.76. The van der Waals surface area contributed by atoms with Gasteiger partial charge in [-0.2, -0.15) is 5.10 Å². The molecule has 0 aliphatic rings. The minimum Gasteiger partial charge on any atom is -0.368 e. The SMILES string of the molecule is C#Cc1ccc(C=Nn2cc(C)nc2N)cc1F. The second-order valence-electron chi connectivity index (χ2n) is 3.71. The van der Waals surface area contributed by atoms with E-state index in [0.717, 1.165) is 5.69 Å². The van der Waals surface area contributed by atoms with Crippen molar-refractivity contribution in [3.05, 3.63) is 47.0 Å². The summed E-state index contributed by atoms with van der Waals surface area (Å²) in [7, 11) is 0. The highest BCUT2D eigenvalue weighted by Gasteiger charge is 2.01. The molecule has 90 valence electrons. The molecule has 1 aromatic heterocycles. The Balaban J connectivity index is 2.27. The first kappa shape index (κ1) is 11.9. The molecule has 0 bridgehead atoms. The number of benzene rings is 1. The van der Waals surface area contributed by atoms with Gasteiger partial charge < -0.3 is 5.73 Å². The van der Waals surface area contributed by atoms with Crippen LogP contribution in [-0.4, -0.2) is 15.9 Å². The van der Waals surface area contributed by atoms with E-state index in [2.05, 4.69) is 16.0 Å². The summed E-state index contributed by atoms with van der Waals surface area (Å²) in [6.45, 7) is 1.81. The lowest BCUT2D eigenvalue weighted by Gasteiger charge is -1.98. The molecule has 2 aromatic rings. The van der Waals surface area contributed by atoms with Gasteiger partial charge in [-0.3, -0.25) is 0 Å². The van der Waals surface area contributed by atoms with Crippen LogP contribution in [0.3, 0.4) is 0 Å². The van der Waals surface area contributed by atoms with Crippen molar-refractivity contribution in [1.29, 1.82) is 0 Å². The van der Waals surface area contributed by atoms with Crippen LogP contribution in [0, 0.1) is 25.1 Å². The Morgan fingerprint density at radius 2 is 2.33 bits per heavy atom. The minimum absolute atomic E-state index is 0.227. The molecule has 0 atom stereocenters. The lowest BCUT2D eigenvalue weighted by Crippen LogP contribution is -1.97. The van der Waals surface area contributed by atoms with Gasteiger partial charge in [-0.25, -0.2) is 14.1 Å². The molecule has 0 aliphatic carbocycles. The van der Waals surface area contributed by atoms with Gasteiger partial charge in [-0.05, 0) is 24.6 Å². The van der Waals surface area contributed by atoms with Crippen LogP contribution in [0.5, 0.6) is 0 Å². The van der Waals surface area contributed by atoms with E-state index in [-0.39, 0.29) is 11.5 Å². The molecule has 1 heterocycles. The number of imidazole rings is 1. The van der Waals surface area contributed by atoms with Crippen LogP contribution in [0.25, 0.3) is 0 Å². The quantitative estimate of drug-likeness (QED) is 0.644. The van der Waals surface area contributed by atoms with Crippen molar-refractivity contribution in [2.45, 2.75) is 6.92 Å². The van der Waals surface area contributed by atoms with Crippen molar-refractivity contribution in [2.75, 3.05) is 5.73 Å². The summed E-state index contributed by atoms with van der Waals surface area (Å²) < 4.78 is 14.8. The van der Waals surface area contributed by atoms with Crippen molar-refractivity contribution in [3.63, 3.8) is 0 Å². The Morgan fingerprint density at radius 3 is 2.89 bits per heavy atom. The van der Waals surface area contributed by atoms with E-state index >= 15 is 0 Å². The lowest BCUT2D eigenvalue weighted by atomic mass is 10.1. The number of aryl methyl sites for hydroxylation is 1. The summed E-state index contributed by atoms with van der Waals surface area (Å²) in [5, 5.41) is 4.08. The molecule has 0 radical (unpaired) electrons. The number of rotatable bonds is 2. The number of terminal acetylenes is 1. The maximum Gasteiger partial charge on any atom is 0.221 e. The third kappa shape index (κ3) is 2.38. The topological polar surface area (TPSA) is 56.2 Å². The van der Waals surface area contributed by atoms with E-state index < -0.39 is 5.82 Å². The molecule has 4 nitrogen and oxygen atoms in total. The van der Waals surface area contributed by atoms with Gasteiger partial charge >= 0.3 is 0 Å². The Morgan fingerprint density at radius 1 is 1.56 bits per heavy atom. The van der Waals surface area contributed by atoms with E-state index in [9.17, 15) is 4.39 Å². The van der Waals surface area contributed by atoms with Gasteiger partial charge in [-0.15, -0.1) is 6.42 Å². The fourth-order valence-corrected chi connectivity index (χ4v) is 1.45. The number of nitrogens with two attached hydrogens (primary N) is 1. The number of halogens is 1. The molecule has 0 unspecified atom stereocenters. The van der Waals surface area contributed by atoms with Crippen molar-refractivity contribution in [3.8, 4) is 12.3 Å². The fourth-order valence-electron chi connectivity index (χ4n) is 1.45. The van der Waals surface area contributed by atoms with Gasteiger partial charge in [0.05, 0.1) is 23.7 Å². The van der Waals surface area contributed by atoms with Crippen LogP contribution in [0.15, 0.2) is 29.5 Å². The first-order valence-electron chi connectivity index (χ1n) is 5.22. The van der Waals surface area contributed by atoms with Crippen LogP contribution >= 0.6 is 0 Å². The van der Waals surface area contributed by atoms with E-state index in [1.54, 1.807) is 12.3 Å². The Hall–Kier alpha value is -2.61. The second kappa shape index (κ2) is 4.72. The Labute approximate surface area is 104 Å². The van der Waals surface area contributed by atoms with Crippen molar-refractivity contribution in [2.24, 2.45) is 5.10 Å². The average molecular weight is 242 g/mol. The average Bonchev–Trinajstić information content (AvgIpc) is 2.65. The summed E-state index contributed by atoms with van der Waals surface area (Å²) >= 11 is 0. The fraction of sp³-hybridized carbons (Fsp3) is 0.0769. The molecule has 0 spiro atoms. The van der Waals surface area contributed by atoms with Crippen LogP contribution in [0.4, 0.5) is 10.3 Å². The Bertz CT molecular complexity index is 649. The highest BCUT2D eigenvalue weighted by Crippen LogP contribution is 2.08. The molecule has 0 amide bonds. The number of nitrogens with zero attached hydrogens (tertiary/aromatic N) is 3. The first-order valence-corrected chi connectivity index (χ1v) is 5.22. The van der Waals surface area contributed by atoms with Crippen molar-refractivity contribution < 1.29 is 4.39 Å². The maximum atomic E-state index is 13.4. The summed E-state index contributed by atoms with van der Waals surface area (Å²) in [6.07, 6.45) is 8.30. The summed E-state index contributed by atoms with van der Waals surface area (Å²) in [5.41, 5.74) is 7.20. The number of hydrogen-bond acceptors (Lipinski definition) is 3. The number of anilines is 1. The second-order valence-corrected chi connectivity index (χ2v) is 3.71. The summed E-state index contributed by atoms with van der Waals surface area (Å²) in [4.78, 5) is 3.99. The minimum atomic E-state index is -0.448. The van der Waals surface area contributed by atoms with E-state index in [1.165, 1.54) is 23.0 Å². The van der Waals surface area contributed by atoms with Gasteiger partial charge in [0, 0.05) is 0 Å². The highest BCUT2D eigenvalue weighted by atomic mass is 19.1. The normalized spacial score (nSPS) is 10.7. The molecule has 18 heavy (non-hydrogen) atoms. The molecule has 0 aliphatic heterocycles. The van der Waals surface area contributed by atoms with E-state index in [4.69, 9.17) is 12.2 Å². The molecule has 0 fully saturated rings. The first-order chi connectivity index (χ1) is 8.60. The molecule has 1 aromatic carbocycles. The van der Waals surface area contributed by atoms with Crippen molar-refractivity contribution >= 4 is 12.2 Å². The standard InChI is InChI=1S/C13H11FN4/c1-3-11-5-4-10(6-12(11)14)7-16-18-8-9(2)17-13(18)15/h1,4-8H,2H3,(H2,15,17). The number of nitrogen functional groups attached to an aromatic ring is 1. The molecule has 5 heteroatoms. The molecule has 2 N–H and O–H groups in total. The molecular weight excluding hydrogens is 231 g/mol. The van der Waals surface area contributed by atoms with Gasteiger partial charge in [0.15, 0.2) is 0 Å². The summed E-state index contributed by atoms with van der Waals surface area (Å²) in [5.74, 6) is 2.09. The number of hydrogen-bond donors (Lipinski definition) is 1. The maximum absolute atomic E-state index is 13.4. The van der Waals surface area contributed by atoms with Crippen LogP contribution in [-0.2, 0) is 0 Å². The Kier molecular flexibility index (Phi) is 3.11. The largest absolute Gasteiger partial charge is 0.368 e. The number of aromatic nitrogens is 2. The predicted octanol–water partition coefficient (Wildman–Crippen LogP) is 1.78. The lowest BCUT2D eigenvalue weighted by molar-refractivity contribution is 0.624. The van der Waals surface area contributed by atoms with E-state index in [0.29, 0.717) is 5.56 Å². The third-order valence-electron chi connectivity index (χ3n) is 2.31. The monoisotopic (exact) mass is 242 g/mol. The molecule has 0 saturated carbocycles. The van der Waals surface area contributed by atoms with Gasteiger partial charge in [0.25, 0.3) is 0 Å². The van der Waals surface area contributed by atoms with E-state index in [1.807, 2.05) is 6.92 Å². The zero-order valence-electron chi connectivity index (χ0n) is 9.76.